The molecule has 2 aromatic rings. The number of fused-ring (bicyclic) bond motifs is 1. The Labute approximate surface area is 197 Å². The van der Waals surface area contributed by atoms with Crippen molar-refractivity contribution in [2.75, 3.05) is 22.9 Å². The SMILES string of the molecule is Cc1cccc(F)c1N1Cc2cnc(Cl)nc2N([C@@H]2CCCN(C(=O)OC(C)(C)C)C2)C1=O. The van der Waals surface area contributed by atoms with E-state index >= 15 is 0 Å². The minimum absolute atomic E-state index is 0.0156. The minimum atomic E-state index is -0.627. The summed E-state index contributed by atoms with van der Waals surface area (Å²) < 4.78 is 20.3. The van der Waals surface area contributed by atoms with Crippen LogP contribution in [0, 0.1) is 12.7 Å². The Bertz CT molecular complexity index is 1070. The second-order valence-electron chi connectivity index (χ2n) is 9.35. The number of urea groups is 1. The van der Waals surface area contributed by atoms with Crippen molar-refractivity contribution in [3.05, 3.63) is 46.6 Å². The average Bonchev–Trinajstić information content (AvgIpc) is 2.73. The largest absolute Gasteiger partial charge is 0.444 e. The molecule has 1 fully saturated rings. The lowest BCUT2D eigenvalue weighted by Gasteiger charge is -2.44. The van der Waals surface area contributed by atoms with Crippen molar-refractivity contribution in [2.45, 2.75) is 58.7 Å². The minimum Gasteiger partial charge on any atom is -0.444 e. The van der Waals surface area contributed by atoms with Crippen LogP contribution in [-0.4, -0.2) is 51.7 Å². The summed E-state index contributed by atoms with van der Waals surface area (Å²) in [6.07, 6.45) is 2.46. The van der Waals surface area contributed by atoms with Crippen LogP contribution in [0.3, 0.4) is 0 Å². The maximum atomic E-state index is 14.8. The molecule has 8 nitrogen and oxygen atoms in total. The van der Waals surface area contributed by atoms with Gasteiger partial charge >= 0.3 is 12.1 Å². The molecule has 33 heavy (non-hydrogen) atoms. The highest BCUT2D eigenvalue weighted by Gasteiger charge is 2.41. The van der Waals surface area contributed by atoms with Gasteiger partial charge in [-0.3, -0.25) is 9.80 Å². The third kappa shape index (κ3) is 4.73. The van der Waals surface area contributed by atoms with E-state index in [0.29, 0.717) is 36.3 Å². The molecule has 1 atom stereocenters. The Morgan fingerprint density at radius 2 is 2.06 bits per heavy atom. The zero-order chi connectivity index (χ0) is 23.9. The summed E-state index contributed by atoms with van der Waals surface area (Å²) in [7, 11) is 0. The number of ether oxygens (including phenoxy) is 1. The molecule has 1 aromatic carbocycles. The maximum absolute atomic E-state index is 14.8. The van der Waals surface area contributed by atoms with Crippen molar-refractivity contribution in [1.29, 1.82) is 0 Å². The van der Waals surface area contributed by atoms with Crippen molar-refractivity contribution in [3.8, 4) is 0 Å². The van der Waals surface area contributed by atoms with Gasteiger partial charge in [0.1, 0.15) is 17.2 Å². The molecule has 2 aliphatic rings. The highest BCUT2D eigenvalue weighted by Crippen LogP contribution is 2.36. The van der Waals surface area contributed by atoms with Crippen molar-refractivity contribution in [3.63, 3.8) is 0 Å². The molecule has 176 valence electrons. The van der Waals surface area contributed by atoms with Gasteiger partial charge in [-0.15, -0.1) is 0 Å². The summed E-state index contributed by atoms with van der Waals surface area (Å²) in [5, 5.41) is 0.0156. The lowest BCUT2D eigenvalue weighted by molar-refractivity contribution is 0.0199. The number of benzene rings is 1. The fourth-order valence-electron chi connectivity index (χ4n) is 4.28. The Balaban J connectivity index is 1.71. The molecular weight excluding hydrogens is 449 g/mol. The molecule has 3 amide bonds. The van der Waals surface area contributed by atoms with Crippen LogP contribution in [0.1, 0.15) is 44.7 Å². The molecule has 10 heteroatoms. The number of hydrogen-bond acceptors (Lipinski definition) is 5. The quantitative estimate of drug-likeness (QED) is 0.576. The van der Waals surface area contributed by atoms with Crippen LogP contribution in [0.15, 0.2) is 24.4 Å². The number of aryl methyl sites for hydroxylation is 1. The van der Waals surface area contributed by atoms with E-state index in [4.69, 9.17) is 16.3 Å². The summed E-state index contributed by atoms with van der Waals surface area (Å²) in [4.78, 5) is 39.4. The van der Waals surface area contributed by atoms with Crippen LogP contribution in [0.5, 0.6) is 0 Å². The predicted molar refractivity (Wildman–Crippen MR) is 123 cm³/mol. The molecule has 0 saturated carbocycles. The second kappa shape index (κ2) is 8.78. The summed E-state index contributed by atoms with van der Waals surface area (Å²) in [5.74, 6) is -0.0954. The summed E-state index contributed by atoms with van der Waals surface area (Å²) >= 11 is 6.07. The van der Waals surface area contributed by atoms with Crippen LogP contribution in [-0.2, 0) is 11.3 Å². The molecule has 0 unspecified atom stereocenters. The van der Waals surface area contributed by atoms with E-state index in [0.717, 1.165) is 0 Å². The number of rotatable bonds is 2. The first kappa shape index (κ1) is 23.2. The smallest absolute Gasteiger partial charge is 0.410 e. The molecule has 2 aliphatic heterocycles. The molecule has 0 radical (unpaired) electrons. The number of likely N-dealkylation sites (tertiary alicyclic amines) is 1. The van der Waals surface area contributed by atoms with Crippen LogP contribution in [0.2, 0.25) is 5.28 Å². The van der Waals surface area contributed by atoms with Gasteiger partial charge < -0.3 is 9.64 Å². The first-order valence-electron chi connectivity index (χ1n) is 10.9. The van der Waals surface area contributed by atoms with E-state index in [1.54, 1.807) is 30.2 Å². The Morgan fingerprint density at radius 3 is 2.76 bits per heavy atom. The van der Waals surface area contributed by atoms with Gasteiger partial charge in [-0.1, -0.05) is 12.1 Å². The van der Waals surface area contributed by atoms with Gasteiger partial charge in [0, 0.05) is 24.8 Å². The lowest BCUT2D eigenvalue weighted by atomic mass is 10.0. The standard InChI is InChI=1S/C23H27ClFN5O3/c1-14-7-5-9-17(25)18(14)29-12-15-11-26-20(24)27-19(15)30(21(29)31)16-8-6-10-28(13-16)22(32)33-23(2,3)4/h5,7,9,11,16H,6,8,10,12-13H2,1-4H3/t16-/m1/s1. The van der Waals surface area contributed by atoms with Crippen molar-refractivity contribution >= 4 is 35.2 Å². The normalized spacial score (nSPS) is 18.9. The fourth-order valence-corrected chi connectivity index (χ4v) is 4.41. The van der Waals surface area contributed by atoms with Crippen LogP contribution < -0.4 is 9.80 Å². The Morgan fingerprint density at radius 1 is 1.30 bits per heavy atom. The molecular formula is C23H27ClFN5O3. The van der Waals surface area contributed by atoms with E-state index in [1.165, 1.54) is 15.9 Å². The van der Waals surface area contributed by atoms with E-state index in [9.17, 15) is 14.0 Å². The first-order valence-corrected chi connectivity index (χ1v) is 11.3. The number of halogens is 2. The molecule has 3 heterocycles. The summed E-state index contributed by atoms with van der Waals surface area (Å²) in [6, 6.07) is 3.91. The lowest BCUT2D eigenvalue weighted by Crippen LogP contribution is -2.58. The van der Waals surface area contributed by atoms with Crippen LogP contribution in [0.25, 0.3) is 0 Å². The molecule has 0 bridgehead atoms. The third-order valence-electron chi connectivity index (χ3n) is 5.68. The summed E-state index contributed by atoms with van der Waals surface area (Å²) in [5.41, 5.74) is 0.877. The highest BCUT2D eigenvalue weighted by molar-refractivity contribution is 6.28. The number of hydrogen-bond donors (Lipinski definition) is 0. The maximum Gasteiger partial charge on any atom is 0.410 e. The number of aromatic nitrogens is 2. The van der Waals surface area contributed by atoms with Gasteiger partial charge in [-0.25, -0.2) is 19.0 Å². The molecule has 0 spiro atoms. The van der Waals surface area contributed by atoms with Gasteiger partial charge in [-0.2, -0.15) is 4.98 Å². The predicted octanol–water partition coefficient (Wildman–Crippen LogP) is 4.92. The number of carbonyl (C=O) groups excluding carboxylic acids is 2. The van der Waals surface area contributed by atoms with E-state index < -0.39 is 23.5 Å². The number of para-hydroxylation sites is 1. The molecule has 1 saturated heterocycles. The number of amides is 3. The molecule has 4 rings (SSSR count). The third-order valence-corrected chi connectivity index (χ3v) is 5.86. The Kier molecular flexibility index (Phi) is 6.18. The van der Waals surface area contributed by atoms with Gasteiger partial charge in [0.25, 0.3) is 0 Å². The van der Waals surface area contributed by atoms with Gasteiger partial charge in [0.05, 0.1) is 18.3 Å². The van der Waals surface area contributed by atoms with Gasteiger partial charge in [0.15, 0.2) is 0 Å². The zero-order valence-electron chi connectivity index (χ0n) is 19.1. The van der Waals surface area contributed by atoms with Crippen molar-refractivity contribution in [1.82, 2.24) is 14.9 Å². The van der Waals surface area contributed by atoms with Crippen LogP contribution >= 0.6 is 11.6 Å². The topological polar surface area (TPSA) is 78.9 Å². The second-order valence-corrected chi connectivity index (χ2v) is 9.69. The molecule has 0 N–H and O–H groups in total. The number of carbonyl (C=O) groups is 2. The van der Waals surface area contributed by atoms with Gasteiger partial charge in [0.2, 0.25) is 5.28 Å². The van der Waals surface area contributed by atoms with E-state index in [-0.39, 0.29) is 30.1 Å². The van der Waals surface area contributed by atoms with E-state index in [1.807, 2.05) is 20.8 Å². The van der Waals surface area contributed by atoms with Crippen molar-refractivity contribution in [2.24, 2.45) is 0 Å². The molecule has 1 aromatic heterocycles. The van der Waals surface area contributed by atoms with Crippen molar-refractivity contribution < 1.29 is 18.7 Å². The molecule has 0 aliphatic carbocycles. The number of anilines is 2. The monoisotopic (exact) mass is 475 g/mol. The first-order chi connectivity index (χ1) is 15.5. The summed E-state index contributed by atoms with van der Waals surface area (Å²) in [6.45, 7) is 8.10. The van der Waals surface area contributed by atoms with Crippen LogP contribution in [0.4, 0.5) is 25.5 Å². The number of nitrogens with zero attached hydrogens (tertiary/aromatic N) is 5. The highest BCUT2D eigenvalue weighted by atomic mass is 35.5. The average molecular weight is 476 g/mol. The van der Waals surface area contributed by atoms with E-state index in [2.05, 4.69) is 9.97 Å². The fraction of sp³-hybridized carbons (Fsp3) is 0.478. The number of piperidine rings is 1. The Hall–Kier alpha value is -2.94. The van der Waals surface area contributed by atoms with Gasteiger partial charge in [-0.05, 0) is 63.8 Å². The zero-order valence-corrected chi connectivity index (χ0v) is 19.9.